The van der Waals surface area contributed by atoms with Gasteiger partial charge in [0.25, 0.3) is 17.7 Å². The van der Waals surface area contributed by atoms with Crippen LogP contribution in [-0.2, 0) is 25.7 Å². The molecule has 9 aromatic rings. The van der Waals surface area contributed by atoms with E-state index in [0.29, 0.717) is 125 Å². The summed E-state index contributed by atoms with van der Waals surface area (Å²) < 4.78 is 56.2. The molecule has 9 heterocycles. The van der Waals surface area contributed by atoms with Crippen molar-refractivity contribution in [2.75, 3.05) is 98.4 Å². The summed E-state index contributed by atoms with van der Waals surface area (Å²) in [7, 11) is 0. The van der Waals surface area contributed by atoms with Gasteiger partial charge in [0.1, 0.15) is 11.6 Å². The number of hydrogen-bond donors (Lipinski definition) is 3. The Labute approximate surface area is 693 Å². The minimum absolute atomic E-state index is 0.0532. The number of aliphatic hydroxyl groups is 3. The second kappa shape index (κ2) is 38.6. The number of likely N-dealkylation sites (tertiary alicyclic amines) is 6. The molecule has 3 amide bonds. The van der Waals surface area contributed by atoms with Crippen molar-refractivity contribution >= 4 is 120 Å². The van der Waals surface area contributed by atoms with Gasteiger partial charge in [-0.3, -0.25) is 44.0 Å². The van der Waals surface area contributed by atoms with Crippen LogP contribution in [0.25, 0.3) is 32.7 Å². The molecule has 0 saturated carbocycles. The Morgan fingerprint density at radius 1 is 0.447 bits per heavy atom. The smallest absolute Gasteiger partial charge is 0.406 e. The number of carbonyl (C=O) groups is 3. The van der Waals surface area contributed by atoms with Crippen LogP contribution in [0.5, 0.6) is 5.75 Å². The number of amides is 3. The van der Waals surface area contributed by atoms with Gasteiger partial charge in [-0.15, -0.1) is 13.2 Å². The molecule has 6 atom stereocenters. The maximum Gasteiger partial charge on any atom is 0.573 e. The van der Waals surface area contributed by atoms with Crippen molar-refractivity contribution in [1.29, 1.82) is 0 Å². The van der Waals surface area contributed by atoms with Crippen LogP contribution in [0.15, 0.2) is 140 Å². The molecular weight excluding hydrogens is 1580 g/mol. The van der Waals surface area contributed by atoms with Gasteiger partial charge in [-0.2, -0.15) is 0 Å². The average molecular weight is 1680 g/mol. The lowest BCUT2D eigenvalue weighted by Gasteiger charge is -2.44. The van der Waals surface area contributed by atoms with Crippen LogP contribution in [0.2, 0.25) is 30.1 Å². The summed E-state index contributed by atoms with van der Waals surface area (Å²) >= 11 is 36.8. The van der Waals surface area contributed by atoms with E-state index < -0.39 is 6.36 Å². The van der Waals surface area contributed by atoms with Gasteiger partial charge in [-0.05, 0) is 258 Å². The summed E-state index contributed by atoms with van der Waals surface area (Å²) in [5.41, 5.74) is 8.81. The predicted octanol–water partition coefficient (Wildman–Crippen LogP) is 17.9. The van der Waals surface area contributed by atoms with Gasteiger partial charge < -0.3 is 34.8 Å². The molecule has 0 aliphatic carbocycles. The molecule has 6 aliphatic heterocycles. The Morgan fingerprint density at radius 2 is 0.868 bits per heavy atom. The zero-order valence-corrected chi connectivity index (χ0v) is 68.6. The van der Waals surface area contributed by atoms with Crippen molar-refractivity contribution in [3.05, 3.63) is 220 Å². The SMILES string of the molecule is CCc1cnc2ccccc2c1C(=O)N1CCC(N2CCC(Cc3ccc(Cl)c(Cl)c3)[C@H](CO)C2)CC1.Cc1cnc2ccc(F)cc2c1C(=O)N1CCC(N2CCC(Cc3ccc(Cl)c(Cl)c3)[C@H](CO)C2)CC1.O=C(c1ccnc2ccc(OC(F)(F)F)cc12)N1CCC(N2CCC(Cc3ccc(Cl)c(Cl)c3)[C@H](CO)C2)CC1. The first-order valence-electron chi connectivity index (χ1n) is 39.7. The van der Waals surface area contributed by atoms with Gasteiger partial charge in [0.2, 0.25) is 0 Å². The number of aryl methyl sites for hydroxylation is 2. The third kappa shape index (κ3) is 20.6. The maximum atomic E-state index is 14.0. The number of piperidine rings is 6. The summed E-state index contributed by atoms with van der Waals surface area (Å²) in [5.74, 6) is 0.812. The zero-order valence-electron chi connectivity index (χ0n) is 64.1. The van der Waals surface area contributed by atoms with Crippen molar-refractivity contribution in [2.45, 2.75) is 122 Å². The number of rotatable bonds is 17. The molecule has 0 spiro atoms. The van der Waals surface area contributed by atoms with Crippen LogP contribution in [0, 0.1) is 48.2 Å². The zero-order chi connectivity index (χ0) is 80.5. The second-order valence-corrected chi connectivity index (χ2v) is 33.9. The number of hydrogen-bond acceptors (Lipinski definition) is 13. The Hall–Kier alpha value is -7.02. The van der Waals surface area contributed by atoms with Crippen LogP contribution in [0.1, 0.15) is 124 Å². The van der Waals surface area contributed by atoms with E-state index in [-0.39, 0.29) is 66.9 Å². The van der Waals surface area contributed by atoms with E-state index in [4.69, 9.17) is 69.6 Å². The monoisotopic (exact) mass is 1680 g/mol. The number of benzene rings is 6. The molecule has 114 heavy (non-hydrogen) atoms. The number of halogens is 10. The molecule has 16 nitrogen and oxygen atoms in total. The molecule has 6 aromatic carbocycles. The van der Waals surface area contributed by atoms with Crippen LogP contribution in [0.3, 0.4) is 0 Å². The van der Waals surface area contributed by atoms with Gasteiger partial charge in [-0.25, -0.2) is 4.39 Å². The molecule has 6 fully saturated rings. The van der Waals surface area contributed by atoms with Gasteiger partial charge in [0.05, 0.1) is 63.4 Å². The number of nitrogens with zero attached hydrogens (tertiary/aromatic N) is 9. The van der Waals surface area contributed by atoms with Gasteiger partial charge in [-0.1, -0.05) is 113 Å². The lowest BCUT2D eigenvalue weighted by atomic mass is 9.80. The number of fused-ring (bicyclic) bond motifs is 3. The van der Waals surface area contributed by atoms with E-state index in [1.165, 1.54) is 42.1 Å². The minimum atomic E-state index is -4.82. The lowest BCUT2D eigenvalue weighted by molar-refractivity contribution is -0.274. The van der Waals surface area contributed by atoms with Crippen molar-refractivity contribution < 1.29 is 52.0 Å². The Balaban J connectivity index is 0.000000149. The highest BCUT2D eigenvalue weighted by atomic mass is 35.5. The summed E-state index contributed by atoms with van der Waals surface area (Å²) in [6.07, 6.45) is 11.9. The molecule has 6 aliphatic rings. The summed E-state index contributed by atoms with van der Waals surface area (Å²) in [6.45, 7) is 13.8. The maximum absolute atomic E-state index is 14.0. The molecule has 15 rings (SSSR count). The van der Waals surface area contributed by atoms with E-state index in [2.05, 4.69) is 41.3 Å². The first kappa shape index (κ1) is 84.9. The standard InChI is InChI=1S/C30H35Cl2N3O2.C29H30Cl2F3N3O3.C29H32Cl2FN3O2/c1-2-21-17-33-28-6-4-3-5-25(28)29(21)30(37)34-13-10-24(11-14-34)35-12-9-22(23(18-35)19-36)15-20-7-8-26(31)27(32)16-20;30-25-3-1-18(14-26(25)31)13-19-6-10-37(16-20(19)17-38)21-7-11-36(12-8-21)28(39)23-5-9-35-27-4-2-22(15-24(23)27)40-29(32,33)34;1-18-15-33-27-5-3-22(32)14-24(27)28(18)29(37)34-10-7-23(8-11-34)35-9-6-20(21(16-35)17-36)12-19-2-4-25(30)26(31)13-19/h3-8,16-17,22-24,36H,2,9-15,18-19H2,1H3;1-5,9,14-15,19-21,38H,6-8,10-13,16-17H2;2-5,13-15,20-21,23,36H,6-12,16-17H2,1H3/t22?,23-;19?,20-;20?,21-/m000/s1. The fourth-order valence-corrected chi connectivity index (χ4v) is 19.2. The summed E-state index contributed by atoms with van der Waals surface area (Å²) in [4.78, 5) is 66.8. The topological polar surface area (TPSA) is 179 Å². The molecule has 3 unspecified atom stereocenters. The fourth-order valence-electron chi connectivity index (χ4n) is 18.2. The van der Waals surface area contributed by atoms with E-state index in [1.54, 1.807) is 29.3 Å². The largest absolute Gasteiger partial charge is 0.573 e. The molecule has 3 aromatic heterocycles. The van der Waals surface area contributed by atoms with E-state index in [9.17, 15) is 47.3 Å². The first-order chi connectivity index (χ1) is 54.9. The number of para-hydroxylation sites is 1. The first-order valence-corrected chi connectivity index (χ1v) is 42.0. The molecule has 0 radical (unpaired) electrons. The van der Waals surface area contributed by atoms with Crippen molar-refractivity contribution in [1.82, 2.24) is 44.4 Å². The molecule has 26 heteroatoms. The Bertz CT molecular complexity index is 4870. The van der Waals surface area contributed by atoms with Crippen molar-refractivity contribution in [2.24, 2.45) is 35.5 Å². The van der Waals surface area contributed by atoms with Gasteiger partial charge in [0, 0.05) is 132 Å². The number of aliphatic hydroxyl groups excluding tert-OH is 3. The third-order valence-electron chi connectivity index (χ3n) is 24.6. The molecule has 0 bridgehead atoms. The highest BCUT2D eigenvalue weighted by Crippen LogP contribution is 2.39. The Morgan fingerprint density at radius 3 is 1.32 bits per heavy atom. The number of ether oxygens (including phenoxy) is 1. The van der Waals surface area contributed by atoms with Crippen LogP contribution < -0.4 is 4.74 Å². The van der Waals surface area contributed by atoms with Crippen molar-refractivity contribution in [3.8, 4) is 5.75 Å². The third-order valence-corrected chi connectivity index (χ3v) is 26.8. The van der Waals surface area contributed by atoms with E-state index >= 15 is 0 Å². The average Bonchev–Trinajstić information content (AvgIpc) is 0.788. The number of aromatic nitrogens is 3. The quantitative estimate of drug-likeness (QED) is 0.0734. The van der Waals surface area contributed by atoms with E-state index in [0.717, 1.165) is 175 Å². The highest BCUT2D eigenvalue weighted by Gasteiger charge is 2.40. The number of alkyl halides is 3. The van der Waals surface area contributed by atoms with Gasteiger partial charge in [0.15, 0.2) is 0 Å². The van der Waals surface area contributed by atoms with Crippen LogP contribution in [0.4, 0.5) is 17.6 Å². The van der Waals surface area contributed by atoms with E-state index in [1.807, 2.05) is 95.7 Å². The molecule has 6 saturated heterocycles. The normalized spacial score (nSPS) is 21.3. The summed E-state index contributed by atoms with van der Waals surface area (Å²) in [5, 5.41) is 35.7. The predicted molar refractivity (Wildman–Crippen MR) is 444 cm³/mol. The minimum Gasteiger partial charge on any atom is -0.406 e. The van der Waals surface area contributed by atoms with Gasteiger partial charge >= 0.3 is 6.36 Å². The lowest BCUT2D eigenvalue weighted by Crippen LogP contribution is -2.52. The fraction of sp³-hybridized carbons (Fsp3) is 0.455. The molecule has 3 N–H and O–H groups in total. The summed E-state index contributed by atoms with van der Waals surface area (Å²) in [6, 6.07) is 36.2. The second-order valence-electron chi connectivity index (χ2n) is 31.5. The van der Waals surface area contributed by atoms with Crippen LogP contribution in [-0.4, -0.2) is 200 Å². The Kier molecular flexibility index (Phi) is 28.7. The van der Waals surface area contributed by atoms with Crippen LogP contribution >= 0.6 is 69.6 Å². The highest BCUT2D eigenvalue weighted by molar-refractivity contribution is 6.43. The molecule has 606 valence electrons. The number of pyridine rings is 3. The van der Waals surface area contributed by atoms with Crippen molar-refractivity contribution in [3.63, 3.8) is 0 Å². The molecular formula is C88H97Cl6F4N9O7. The number of carbonyl (C=O) groups excluding carboxylic acids is 3.